The molecule has 16 heavy (non-hydrogen) atoms. The van der Waals surface area contributed by atoms with Crippen LogP contribution in [0.1, 0.15) is 60.8 Å². The van der Waals surface area contributed by atoms with Gasteiger partial charge in [-0.3, -0.25) is 0 Å². The average Bonchev–Trinajstić information content (AvgIpc) is 2.76. The van der Waals surface area contributed by atoms with Gasteiger partial charge in [0.1, 0.15) is 0 Å². The van der Waals surface area contributed by atoms with Gasteiger partial charge in [0.05, 0.1) is 0 Å². The van der Waals surface area contributed by atoms with Gasteiger partial charge in [0.2, 0.25) is 0 Å². The van der Waals surface area contributed by atoms with Crippen LogP contribution in [0.3, 0.4) is 0 Å². The SMILES string of the molecule is CC.CC.CCOCCCN1CCC[C@H]1C. The Morgan fingerprint density at radius 3 is 2.25 bits per heavy atom. The third-order valence-corrected chi connectivity index (χ3v) is 2.63. The van der Waals surface area contributed by atoms with Gasteiger partial charge in [0.25, 0.3) is 0 Å². The van der Waals surface area contributed by atoms with E-state index in [2.05, 4.69) is 18.7 Å². The van der Waals surface area contributed by atoms with E-state index in [1.807, 2.05) is 27.7 Å². The molecule has 1 saturated heterocycles. The minimum atomic E-state index is 0.812. The predicted octanol–water partition coefficient (Wildman–Crippen LogP) is 3.95. The maximum atomic E-state index is 5.30. The molecule has 1 atom stereocenters. The van der Waals surface area contributed by atoms with E-state index in [9.17, 15) is 0 Å². The Labute approximate surface area is 103 Å². The van der Waals surface area contributed by atoms with Crippen LogP contribution in [0.25, 0.3) is 0 Å². The highest BCUT2D eigenvalue weighted by atomic mass is 16.5. The average molecular weight is 231 g/mol. The molecule has 0 aliphatic carbocycles. The normalized spacial score (nSPS) is 19.5. The second kappa shape index (κ2) is 14.9. The first-order valence-electron chi connectivity index (χ1n) is 7.16. The van der Waals surface area contributed by atoms with Gasteiger partial charge in [0, 0.05) is 25.8 Å². The van der Waals surface area contributed by atoms with Gasteiger partial charge < -0.3 is 9.64 Å². The van der Waals surface area contributed by atoms with Crippen molar-refractivity contribution in [3.8, 4) is 0 Å². The molecule has 0 amide bonds. The molecular formula is C14H33NO. The first-order chi connectivity index (χ1) is 7.84. The summed E-state index contributed by atoms with van der Waals surface area (Å²) in [5.74, 6) is 0. The largest absolute Gasteiger partial charge is 0.382 e. The number of hydrogen-bond donors (Lipinski definition) is 0. The lowest BCUT2D eigenvalue weighted by molar-refractivity contribution is 0.131. The zero-order valence-electron chi connectivity index (χ0n) is 12.4. The third-order valence-electron chi connectivity index (χ3n) is 2.63. The number of likely N-dealkylation sites (tertiary alicyclic amines) is 1. The molecular weight excluding hydrogens is 198 g/mol. The van der Waals surface area contributed by atoms with Gasteiger partial charge in [-0.05, 0) is 39.7 Å². The van der Waals surface area contributed by atoms with Crippen molar-refractivity contribution in [2.24, 2.45) is 0 Å². The van der Waals surface area contributed by atoms with Gasteiger partial charge in [-0.15, -0.1) is 0 Å². The van der Waals surface area contributed by atoms with Crippen LogP contribution in [0.5, 0.6) is 0 Å². The van der Waals surface area contributed by atoms with Crippen LogP contribution < -0.4 is 0 Å². The lowest BCUT2D eigenvalue weighted by Crippen LogP contribution is -2.28. The van der Waals surface area contributed by atoms with Crippen molar-refractivity contribution in [3.05, 3.63) is 0 Å². The number of rotatable bonds is 5. The molecule has 0 unspecified atom stereocenters. The van der Waals surface area contributed by atoms with Gasteiger partial charge in [-0.2, -0.15) is 0 Å². The number of hydrogen-bond acceptors (Lipinski definition) is 2. The molecule has 2 heteroatoms. The summed E-state index contributed by atoms with van der Waals surface area (Å²) in [5.41, 5.74) is 0. The van der Waals surface area contributed by atoms with Gasteiger partial charge in [-0.25, -0.2) is 0 Å². The van der Waals surface area contributed by atoms with Crippen LogP contribution in [0, 0.1) is 0 Å². The number of ether oxygens (including phenoxy) is 1. The molecule has 1 aliphatic heterocycles. The van der Waals surface area contributed by atoms with E-state index in [-0.39, 0.29) is 0 Å². The fraction of sp³-hybridized carbons (Fsp3) is 1.00. The Balaban J connectivity index is 0. The second-order valence-electron chi connectivity index (χ2n) is 3.58. The minimum Gasteiger partial charge on any atom is -0.382 e. The lowest BCUT2D eigenvalue weighted by atomic mass is 10.2. The standard InChI is InChI=1S/C10H21NO.2C2H6/c1-3-12-9-5-8-11-7-4-6-10(11)2;2*1-2/h10H,3-9H2,1-2H3;2*1-2H3/t10-;;/m1../s1. The minimum absolute atomic E-state index is 0.812. The van der Waals surface area contributed by atoms with E-state index in [4.69, 9.17) is 4.74 Å². The molecule has 0 N–H and O–H groups in total. The van der Waals surface area contributed by atoms with Crippen LogP contribution in [0.4, 0.5) is 0 Å². The molecule has 0 aromatic carbocycles. The molecule has 1 rings (SSSR count). The summed E-state index contributed by atoms with van der Waals surface area (Å²) in [5, 5.41) is 0. The molecule has 2 nitrogen and oxygen atoms in total. The molecule has 0 bridgehead atoms. The van der Waals surface area contributed by atoms with Crippen LogP contribution in [0.2, 0.25) is 0 Å². The fourth-order valence-corrected chi connectivity index (χ4v) is 1.84. The molecule has 1 heterocycles. The summed E-state index contributed by atoms with van der Waals surface area (Å²) in [6.45, 7) is 16.7. The summed E-state index contributed by atoms with van der Waals surface area (Å²) < 4.78 is 5.30. The Morgan fingerprint density at radius 2 is 1.81 bits per heavy atom. The quantitative estimate of drug-likeness (QED) is 0.664. The molecule has 1 fully saturated rings. The van der Waals surface area contributed by atoms with Crippen LogP contribution in [0.15, 0.2) is 0 Å². The van der Waals surface area contributed by atoms with Gasteiger partial charge in [0.15, 0.2) is 0 Å². The van der Waals surface area contributed by atoms with E-state index in [0.717, 1.165) is 19.3 Å². The van der Waals surface area contributed by atoms with E-state index >= 15 is 0 Å². The van der Waals surface area contributed by atoms with E-state index in [0.29, 0.717) is 0 Å². The Bertz CT molecular complexity index is 117. The van der Waals surface area contributed by atoms with Crippen LogP contribution in [-0.2, 0) is 4.74 Å². The molecule has 0 spiro atoms. The van der Waals surface area contributed by atoms with Gasteiger partial charge in [-0.1, -0.05) is 27.7 Å². The van der Waals surface area contributed by atoms with Crippen molar-refractivity contribution in [3.63, 3.8) is 0 Å². The maximum absolute atomic E-state index is 5.30. The molecule has 100 valence electrons. The van der Waals surface area contributed by atoms with E-state index < -0.39 is 0 Å². The lowest BCUT2D eigenvalue weighted by Gasteiger charge is -2.20. The summed E-state index contributed by atoms with van der Waals surface area (Å²) in [6, 6.07) is 0.812. The zero-order valence-corrected chi connectivity index (χ0v) is 12.4. The van der Waals surface area contributed by atoms with E-state index in [1.54, 1.807) is 0 Å². The second-order valence-corrected chi connectivity index (χ2v) is 3.58. The molecule has 0 aromatic rings. The highest BCUT2D eigenvalue weighted by Gasteiger charge is 2.18. The first-order valence-corrected chi connectivity index (χ1v) is 7.16. The smallest absolute Gasteiger partial charge is 0.0478 e. The highest BCUT2D eigenvalue weighted by Crippen LogP contribution is 2.15. The first kappa shape index (κ1) is 18.3. The maximum Gasteiger partial charge on any atom is 0.0478 e. The zero-order chi connectivity index (χ0) is 12.8. The van der Waals surface area contributed by atoms with E-state index in [1.165, 1.54) is 32.4 Å². The Kier molecular flexibility index (Phi) is 17.1. The summed E-state index contributed by atoms with van der Waals surface area (Å²) in [4.78, 5) is 2.57. The Morgan fingerprint density at radius 1 is 1.19 bits per heavy atom. The summed E-state index contributed by atoms with van der Waals surface area (Å²) >= 11 is 0. The van der Waals surface area contributed by atoms with Crippen molar-refractivity contribution in [2.45, 2.75) is 66.8 Å². The molecule has 0 radical (unpaired) electrons. The Hall–Kier alpha value is -0.0800. The highest BCUT2D eigenvalue weighted by molar-refractivity contribution is 4.74. The van der Waals surface area contributed by atoms with Crippen molar-refractivity contribution >= 4 is 0 Å². The molecule has 1 aliphatic rings. The summed E-state index contributed by atoms with van der Waals surface area (Å²) in [6.07, 6.45) is 3.96. The topological polar surface area (TPSA) is 12.5 Å². The number of nitrogens with zero attached hydrogens (tertiary/aromatic N) is 1. The molecule has 0 aromatic heterocycles. The van der Waals surface area contributed by atoms with Crippen molar-refractivity contribution in [1.82, 2.24) is 4.90 Å². The van der Waals surface area contributed by atoms with Crippen LogP contribution >= 0.6 is 0 Å². The van der Waals surface area contributed by atoms with Gasteiger partial charge >= 0.3 is 0 Å². The third kappa shape index (κ3) is 9.17. The predicted molar refractivity (Wildman–Crippen MR) is 74.1 cm³/mol. The summed E-state index contributed by atoms with van der Waals surface area (Å²) in [7, 11) is 0. The van der Waals surface area contributed by atoms with Crippen LogP contribution in [-0.4, -0.2) is 37.2 Å². The monoisotopic (exact) mass is 231 g/mol. The fourth-order valence-electron chi connectivity index (χ4n) is 1.84. The van der Waals surface area contributed by atoms with Crippen molar-refractivity contribution < 1.29 is 4.74 Å². The van der Waals surface area contributed by atoms with Crippen molar-refractivity contribution in [2.75, 3.05) is 26.3 Å². The molecule has 0 saturated carbocycles. The van der Waals surface area contributed by atoms with Crippen molar-refractivity contribution in [1.29, 1.82) is 0 Å².